The third kappa shape index (κ3) is 3.57. The van der Waals surface area contributed by atoms with Crippen molar-refractivity contribution in [3.05, 3.63) is 71.1 Å². The second-order valence-electron chi connectivity index (χ2n) is 5.17. The molecule has 0 aliphatic heterocycles. The van der Waals surface area contributed by atoms with Crippen LogP contribution >= 0.6 is 23.4 Å². The van der Waals surface area contributed by atoms with Gasteiger partial charge in [-0.1, -0.05) is 72.8 Å². The molecule has 23 heavy (non-hydrogen) atoms. The average Bonchev–Trinajstić information content (AvgIpc) is 2.55. The molecule has 0 fully saturated rings. The molecule has 1 heterocycles. The van der Waals surface area contributed by atoms with E-state index in [1.807, 2.05) is 31.2 Å². The van der Waals surface area contributed by atoms with Gasteiger partial charge in [0.1, 0.15) is 16.0 Å². The fourth-order valence-corrected chi connectivity index (χ4v) is 3.86. The minimum atomic E-state index is 0.511. The summed E-state index contributed by atoms with van der Waals surface area (Å²) in [5.41, 5.74) is 3.28. The van der Waals surface area contributed by atoms with Crippen molar-refractivity contribution in [2.75, 3.05) is 0 Å². The Hall–Kier alpha value is -1.84. The van der Waals surface area contributed by atoms with Crippen molar-refractivity contribution in [1.29, 1.82) is 0 Å². The molecule has 0 aliphatic carbocycles. The highest BCUT2D eigenvalue weighted by Gasteiger charge is 2.17. The maximum atomic E-state index is 6.50. The summed E-state index contributed by atoms with van der Waals surface area (Å²) >= 11 is 8.12. The largest absolute Gasteiger partial charge is 0.226 e. The van der Waals surface area contributed by atoms with E-state index in [2.05, 4.69) is 47.2 Å². The highest BCUT2D eigenvalue weighted by atomic mass is 35.5. The maximum absolute atomic E-state index is 6.50. The summed E-state index contributed by atoms with van der Waals surface area (Å²) in [6.45, 7) is 4.02. The Labute approximate surface area is 146 Å². The molecule has 116 valence electrons. The van der Waals surface area contributed by atoms with Gasteiger partial charge in [0.2, 0.25) is 0 Å². The van der Waals surface area contributed by atoms with Gasteiger partial charge in [0.25, 0.3) is 0 Å². The van der Waals surface area contributed by atoms with E-state index in [-0.39, 0.29) is 0 Å². The maximum Gasteiger partial charge on any atom is 0.141 e. The molecule has 0 bridgehead atoms. The summed E-state index contributed by atoms with van der Waals surface area (Å²) < 4.78 is 0. The zero-order chi connectivity index (χ0) is 16.2. The molecule has 4 heteroatoms. The monoisotopic (exact) mass is 340 g/mol. The van der Waals surface area contributed by atoms with Crippen molar-refractivity contribution in [2.45, 2.75) is 30.2 Å². The van der Waals surface area contributed by atoms with Crippen LogP contribution in [0.3, 0.4) is 0 Å². The van der Waals surface area contributed by atoms with Crippen LogP contribution in [0.5, 0.6) is 0 Å². The molecule has 2 nitrogen and oxygen atoms in total. The predicted octanol–water partition coefficient (Wildman–Crippen LogP) is 5.82. The van der Waals surface area contributed by atoms with E-state index in [0.29, 0.717) is 11.0 Å². The normalized spacial score (nSPS) is 10.7. The van der Waals surface area contributed by atoms with Crippen molar-refractivity contribution in [1.82, 2.24) is 9.97 Å². The average molecular weight is 341 g/mol. The van der Waals surface area contributed by atoms with Gasteiger partial charge in [-0.05, 0) is 36.6 Å². The van der Waals surface area contributed by atoms with Gasteiger partial charge in [-0.2, -0.15) is 0 Å². The van der Waals surface area contributed by atoms with E-state index >= 15 is 0 Å². The van der Waals surface area contributed by atoms with Crippen LogP contribution in [-0.2, 0) is 6.42 Å². The fourth-order valence-electron chi connectivity index (χ4n) is 2.49. The standard InChI is InChI=1S/C19H17ClN2S/c1-3-14-9-7-8-12-16(14)17-18(20)21-13(2)22-19(17)23-15-10-5-4-6-11-15/h4-12H,3H2,1-2H3. The second-order valence-corrected chi connectivity index (χ2v) is 6.59. The number of aromatic nitrogens is 2. The van der Waals surface area contributed by atoms with Crippen LogP contribution in [0.4, 0.5) is 0 Å². The second kappa shape index (κ2) is 7.16. The summed E-state index contributed by atoms with van der Waals surface area (Å²) in [6.07, 6.45) is 0.940. The van der Waals surface area contributed by atoms with E-state index < -0.39 is 0 Å². The molecular formula is C19H17ClN2S. The first-order chi connectivity index (χ1) is 11.2. The quantitative estimate of drug-likeness (QED) is 0.560. The molecule has 0 spiro atoms. The first kappa shape index (κ1) is 16.0. The van der Waals surface area contributed by atoms with Gasteiger partial charge in [0.15, 0.2) is 0 Å². The summed E-state index contributed by atoms with van der Waals surface area (Å²) in [4.78, 5) is 10.2. The summed E-state index contributed by atoms with van der Waals surface area (Å²) in [6, 6.07) is 18.5. The van der Waals surface area contributed by atoms with Gasteiger partial charge in [-0.15, -0.1) is 0 Å². The molecule has 0 amide bonds. The Balaban J connectivity index is 2.16. The zero-order valence-electron chi connectivity index (χ0n) is 13.1. The molecule has 3 rings (SSSR count). The van der Waals surface area contributed by atoms with Gasteiger partial charge < -0.3 is 0 Å². The topological polar surface area (TPSA) is 25.8 Å². The number of aryl methyl sites for hydroxylation is 2. The number of benzene rings is 2. The van der Waals surface area contributed by atoms with Gasteiger partial charge in [-0.3, -0.25) is 0 Å². The Morgan fingerprint density at radius 1 is 0.957 bits per heavy atom. The molecular weight excluding hydrogens is 324 g/mol. The van der Waals surface area contributed by atoms with Crippen LogP contribution in [0, 0.1) is 6.92 Å². The van der Waals surface area contributed by atoms with Gasteiger partial charge in [-0.25, -0.2) is 9.97 Å². The third-order valence-electron chi connectivity index (χ3n) is 3.57. The van der Waals surface area contributed by atoms with Crippen LogP contribution in [0.25, 0.3) is 11.1 Å². The number of halogens is 1. The van der Waals surface area contributed by atoms with Crippen LogP contribution in [0.15, 0.2) is 64.5 Å². The number of hydrogen-bond acceptors (Lipinski definition) is 3. The molecule has 0 saturated carbocycles. The Kier molecular flexibility index (Phi) is 4.99. The molecule has 0 radical (unpaired) electrons. The van der Waals surface area contributed by atoms with E-state index in [4.69, 9.17) is 11.6 Å². The smallest absolute Gasteiger partial charge is 0.141 e. The minimum Gasteiger partial charge on any atom is -0.226 e. The Bertz CT molecular complexity index is 819. The molecule has 0 saturated heterocycles. The van der Waals surface area contributed by atoms with Crippen molar-refractivity contribution >= 4 is 23.4 Å². The number of hydrogen-bond donors (Lipinski definition) is 0. The van der Waals surface area contributed by atoms with Crippen LogP contribution in [0.1, 0.15) is 18.3 Å². The lowest BCUT2D eigenvalue weighted by Crippen LogP contribution is -1.98. The molecule has 0 unspecified atom stereocenters. The van der Waals surface area contributed by atoms with E-state index in [1.54, 1.807) is 11.8 Å². The lowest BCUT2D eigenvalue weighted by Gasteiger charge is -2.14. The van der Waals surface area contributed by atoms with Crippen LogP contribution in [0.2, 0.25) is 5.15 Å². The molecule has 0 N–H and O–H groups in total. The first-order valence-electron chi connectivity index (χ1n) is 7.54. The van der Waals surface area contributed by atoms with Gasteiger partial charge >= 0.3 is 0 Å². The first-order valence-corrected chi connectivity index (χ1v) is 8.73. The van der Waals surface area contributed by atoms with Crippen LogP contribution < -0.4 is 0 Å². The molecule has 3 aromatic rings. The third-order valence-corrected chi connectivity index (χ3v) is 4.84. The van der Waals surface area contributed by atoms with Crippen LogP contribution in [-0.4, -0.2) is 9.97 Å². The Morgan fingerprint density at radius 2 is 1.65 bits per heavy atom. The number of rotatable bonds is 4. The lowest BCUT2D eigenvalue weighted by atomic mass is 10.0. The molecule has 0 atom stereocenters. The lowest BCUT2D eigenvalue weighted by molar-refractivity contribution is 0.970. The highest BCUT2D eigenvalue weighted by molar-refractivity contribution is 7.99. The van der Waals surface area contributed by atoms with E-state index in [0.717, 1.165) is 27.5 Å². The fraction of sp³-hybridized carbons (Fsp3) is 0.158. The van der Waals surface area contributed by atoms with Crippen molar-refractivity contribution in [3.8, 4) is 11.1 Å². The van der Waals surface area contributed by atoms with E-state index in [9.17, 15) is 0 Å². The van der Waals surface area contributed by atoms with Crippen molar-refractivity contribution < 1.29 is 0 Å². The van der Waals surface area contributed by atoms with Gasteiger partial charge in [0.05, 0.1) is 5.56 Å². The summed E-state index contributed by atoms with van der Waals surface area (Å²) in [5, 5.41) is 1.41. The van der Waals surface area contributed by atoms with E-state index in [1.165, 1.54) is 5.56 Å². The summed E-state index contributed by atoms with van der Waals surface area (Å²) in [5.74, 6) is 0.686. The highest BCUT2D eigenvalue weighted by Crippen LogP contribution is 2.39. The molecule has 2 aromatic carbocycles. The predicted molar refractivity (Wildman–Crippen MR) is 97.2 cm³/mol. The molecule has 0 aliphatic rings. The zero-order valence-corrected chi connectivity index (χ0v) is 14.7. The number of nitrogens with zero attached hydrogens (tertiary/aromatic N) is 2. The van der Waals surface area contributed by atoms with Crippen molar-refractivity contribution in [2.24, 2.45) is 0 Å². The minimum absolute atomic E-state index is 0.511. The van der Waals surface area contributed by atoms with Crippen molar-refractivity contribution in [3.63, 3.8) is 0 Å². The van der Waals surface area contributed by atoms with Gasteiger partial charge in [0, 0.05) is 4.90 Å². The summed E-state index contributed by atoms with van der Waals surface area (Å²) in [7, 11) is 0. The Morgan fingerprint density at radius 3 is 2.39 bits per heavy atom. The SMILES string of the molecule is CCc1ccccc1-c1c(Cl)nc(C)nc1Sc1ccccc1. The molecule has 1 aromatic heterocycles.